The minimum absolute atomic E-state index is 0.264. The van der Waals surface area contributed by atoms with Crippen LogP contribution in [0.5, 0.6) is 5.75 Å². The van der Waals surface area contributed by atoms with Crippen LogP contribution >= 0.6 is 0 Å². The normalized spacial score (nSPS) is 23.9. The predicted octanol–water partition coefficient (Wildman–Crippen LogP) is 2.59. The van der Waals surface area contributed by atoms with Gasteiger partial charge in [0.2, 0.25) is 0 Å². The standard InChI is InChI=1S/C12H16O2/c1-8-5-4-6-10-11(8)9(13)7-12(2,3)14-10/h4-6,9,13H,7H2,1-3H3. The number of aliphatic hydroxyl groups excluding tert-OH is 1. The molecular formula is C12H16O2. The summed E-state index contributed by atoms with van der Waals surface area (Å²) in [4.78, 5) is 0. The Hall–Kier alpha value is -1.02. The molecule has 76 valence electrons. The van der Waals surface area contributed by atoms with Gasteiger partial charge >= 0.3 is 0 Å². The molecule has 14 heavy (non-hydrogen) atoms. The highest BCUT2D eigenvalue weighted by atomic mass is 16.5. The van der Waals surface area contributed by atoms with Crippen LogP contribution < -0.4 is 4.74 Å². The number of ether oxygens (including phenoxy) is 1. The van der Waals surface area contributed by atoms with Gasteiger partial charge < -0.3 is 9.84 Å². The summed E-state index contributed by atoms with van der Waals surface area (Å²) in [6.45, 7) is 6.01. The number of aliphatic hydroxyl groups is 1. The highest BCUT2D eigenvalue weighted by molar-refractivity contribution is 5.43. The van der Waals surface area contributed by atoms with Crippen LogP contribution in [0.25, 0.3) is 0 Å². The van der Waals surface area contributed by atoms with Crippen molar-refractivity contribution in [3.63, 3.8) is 0 Å². The van der Waals surface area contributed by atoms with Crippen molar-refractivity contribution in [1.82, 2.24) is 0 Å². The molecule has 1 heterocycles. The first-order valence-corrected chi connectivity index (χ1v) is 4.96. The van der Waals surface area contributed by atoms with Gasteiger partial charge in [-0.15, -0.1) is 0 Å². The molecule has 1 aromatic carbocycles. The minimum atomic E-state index is -0.394. The maximum atomic E-state index is 10.00. The topological polar surface area (TPSA) is 29.5 Å². The van der Waals surface area contributed by atoms with Crippen LogP contribution in [0.15, 0.2) is 18.2 Å². The first-order valence-electron chi connectivity index (χ1n) is 4.96. The van der Waals surface area contributed by atoms with Gasteiger partial charge in [0, 0.05) is 12.0 Å². The molecule has 0 aliphatic carbocycles. The zero-order valence-corrected chi connectivity index (χ0v) is 8.87. The molecule has 0 bridgehead atoms. The summed E-state index contributed by atoms with van der Waals surface area (Å²) in [6, 6.07) is 5.89. The Labute approximate surface area is 84.5 Å². The average Bonchev–Trinajstić information content (AvgIpc) is 2.00. The monoisotopic (exact) mass is 192 g/mol. The fourth-order valence-electron chi connectivity index (χ4n) is 2.08. The molecule has 1 aliphatic heterocycles. The predicted molar refractivity (Wildman–Crippen MR) is 55.5 cm³/mol. The van der Waals surface area contributed by atoms with Gasteiger partial charge in [0.25, 0.3) is 0 Å². The van der Waals surface area contributed by atoms with Crippen molar-refractivity contribution in [3.05, 3.63) is 29.3 Å². The summed E-state index contributed by atoms with van der Waals surface area (Å²) in [5.41, 5.74) is 1.79. The second-order valence-corrected chi connectivity index (χ2v) is 4.57. The SMILES string of the molecule is Cc1cccc2c1C(O)CC(C)(C)O2. The molecule has 2 rings (SSSR count). The summed E-state index contributed by atoms with van der Waals surface area (Å²) in [6.07, 6.45) is 0.264. The third-order valence-corrected chi connectivity index (χ3v) is 2.69. The van der Waals surface area contributed by atoms with E-state index in [2.05, 4.69) is 0 Å². The van der Waals surface area contributed by atoms with E-state index in [0.717, 1.165) is 16.9 Å². The second kappa shape index (κ2) is 2.99. The molecule has 0 fully saturated rings. The zero-order valence-electron chi connectivity index (χ0n) is 8.87. The molecular weight excluding hydrogens is 176 g/mol. The van der Waals surface area contributed by atoms with Gasteiger partial charge in [-0.3, -0.25) is 0 Å². The molecule has 0 saturated carbocycles. The van der Waals surface area contributed by atoms with Gasteiger partial charge in [-0.25, -0.2) is 0 Å². The molecule has 0 saturated heterocycles. The van der Waals surface area contributed by atoms with E-state index in [1.807, 2.05) is 39.0 Å². The fourth-order valence-corrected chi connectivity index (χ4v) is 2.08. The Bertz CT molecular complexity index is 355. The largest absolute Gasteiger partial charge is 0.487 e. The van der Waals surface area contributed by atoms with Gasteiger partial charge in [-0.05, 0) is 32.4 Å². The van der Waals surface area contributed by atoms with Crippen molar-refractivity contribution in [3.8, 4) is 5.75 Å². The molecule has 0 amide bonds. The van der Waals surface area contributed by atoms with Gasteiger partial charge in [-0.1, -0.05) is 12.1 Å². The van der Waals surface area contributed by atoms with Crippen LogP contribution in [0.2, 0.25) is 0 Å². The quantitative estimate of drug-likeness (QED) is 0.684. The molecule has 1 aliphatic rings. The molecule has 0 aromatic heterocycles. The van der Waals surface area contributed by atoms with Gasteiger partial charge in [0.15, 0.2) is 0 Å². The van der Waals surface area contributed by atoms with Crippen LogP contribution in [0.4, 0.5) is 0 Å². The van der Waals surface area contributed by atoms with E-state index in [4.69, 9.17) is 4.74 Å². The van der Waals surface area contributed by atoms with Crippen molar-refractivity contribution >= 4 is 0 Å². The highest BCUT2D eigenvalue weighted by Crippen LogP contribution is 2.40. The Morgan fingerprint density at radius 2 is 2.14 bits per heavy atom. The first-order chi connectivity index (χ1) is 6.49. The van der Waals surface area contributed by atoms with Crippen molar-refractivity contribution < 1.29 is 9.84 Å². The van der Waals surface area contributed by atoms with E-state index >= 15 is 0 Å². The molecule has 0 spiro atoms. The molecule has 1 aromatic rings. The number of fused-ring (bicyclic) bond motifs is 1. The molecule has 1 unspecified atom stereocenters. The van der Waals surface area contributed by atoms with Crippen LogP contribution in [-0.4, -0.2) is 10.7 Å². The van der Waals surface area contributed by atoms with Crippen molar-refractivity contribution in [1.29, 1.82) is 0 Å². The van der Waals surface area contributed by atoms with Crippen molar-refractivity contribution in [2.24, 2.45) is 0 Å². The Morgan fingerprint density at radius 1 is 1.43 bits per heavy atom. The lowest BCUT2D eigenvalue weighted by molar-refractivity contribution is 0.0111. The van der Waals surface area contributed by atoms with Gasteiger partial charge in [0.1, 0.15) is 11.4 Å². The van der Waals surface area contributed by atoms with E-state index in [9.17, 15) is 5.11 Å². The number of hydrogen-bond acceptors (Lipinski definition) is 2. The number of benzene rings is 1. The smallest absolute Gasteiger partial charge is 0.126 e. The average molecular weight is 192 g/mol. The van der Waals surface area contributed by atoms with E-state index in [-0.39, 0.29) is 5.60 Å². The lowest BCUT2D eigenvalue weighted by Gasteiger charge is -2.36. The number of aryl methyl sites for hydroxylation is 1. The Kier molecular flexibility index (Phi) is 2.04. The van der Waals surface area contributed by atoms with Gasteiger partial charge in [0.05, 0.1) is 6.10 Å². The lowest BCUT2D eigenvalue weighted by atomic mass is 9.89. The molecule has 2 nitrogen and oxygen atoms in total. The summed E-state index contributed by atoms with van der Waals surface area (Å²) >= 11 is 0. The highest BCUT2D eigenvalue weighted by Gasteiger charge is 2.33. The Morgan fingerprint density at radius 3 is 2.86 bits per heavy atom. The van der Waals surface area contributed by atoms with Crippen LogP contribution in [-0.2, 0) is 0 Å². The van der Waals surface area contributed by atoms with E-state index < -0.39 is 6.10 Å². The second-order valence-electron chi connectivity index (χ2n) is 4.57. The Balaban J connectivity index is 2.50. The van der Waals surface area contributed by atoms with E-state index in [1.54, 1.807) is 0 Å². The maximum Gasteiger partial charge on any atom is 0.126 e. The summed E-state index contributed by atoms with van der Waals surface area (Å²) in [7, 11) is 0. The fraction of sp³-hybridized carbons (Fsp3) is 0.500. The number of hydrogen-bond donors (Lipinski definition) is 1. The third-order valence-electron chi connectivity index (χ3n) is 2.69. The summed E-state index contributed by atoms with van der Waals surface area (Å²) < 4.78 is 5.81. The van der Waals surface area contributed by atoms with E-state index in [0.29, 0.717) is 6.42 Å². The third kappa shape index (κ3) is 1.50. The minimum Gasteiger partial charge on any atom is -0.487 e. The summed E-state index contributed by atoms with van der Waals surface area (Å²) in [5.74, 6) is 0.828. The van der Waals surface area contributed by atoms with Crippen LogP contribution in [0.3, 0.4) is 0 Å². The van der Waals surface area contributed by atoms with Gasteiger partial charge in [-0.2, -0.15) is 0 Å². The first kappa shape index (κ1) is 9.53. The number of rotatable bonds is 0. The van der Waals surface area contributed by atoms with Crippen molar-refractivity contribution in [2.75, 3.05) is 0 Å². The van der Waals surface area contributed by atoms with Crippen LogP contribution in [0.1, 0.15) is 37.5 Å². The summed E-state index contributed by atoms with van der Waals surface area (Å²) in [5, 5.41) is 10.00. The van der Waals surface area contributed by atoms with Crippen LogP contribution in [0, 0.1) is 6.92 Å². The maximum absolute atomic E-state index is 10.00. The molecule has 1 N–H and O–H groups in total. The lowest BCUT2D eigenvalue weighted by Crippen LogP contribution is -2.35. The molecule has 1 atom stereocenters. The zero-order chi connectivity index (χ0) is 10.3. The molecule has 2 heteroatoms. The van der Waals surface area contributed by atoms with Crippen molar-refractivity contribution in [2.45, 2.75) is 38.9 Å². The van der Waals surface area contributed by atoms with E-state index in [1.165, 1.54) is 0 Å². The molecule has 0 radical (unpaired) electrons.